The second kappa shape index (κ2) is 7.81. The average molecular weight is 441 g/mol. The molecule has 2 N–H and O–H groups in total. The molecular weight excluding hydrogens is 419 g/mol. The summed E-state index contributed by atoms with van der Waals surface area (Å²) in [6.07, 6.45) is 1.85. The van der Waals surface area contributed by atoms with Crippen LogP contribution in [0.15, 0.2) is 29.6 Å². The van der Waals surface area contributed by atoms with Crippen molar-refractivity contribution in [3.8, 4) is 22.5 Å². The van der Waals surface area contributed by atoms with Gasteiger partial charge in [-0.2, -0.15) is 9.49 Å². The first-order chi connectivity index (χ1) is 15.0. The van der Waals surface area contributed by atoms with Crippen LogP contribution in [0.4, 0.5) is 14.9 Å². The van der Waals surface area contributed by atoms with Crippen molar-refractivity contribution in [1.82, 2.24) is 15.5 Å². The quantitative estimate of drug-likeness (QED) is 0.644. The summed E-state index contributed by atoms with van der Waals surface area (Å²) >= 11 is 1.07. The molecule has 1 aromatic carbocycles. The highest BCUT2D eigenvalue weighted by atomic mass is 32.1. The number of aromatic amines is 1. The molecular formula is C22H21FN4O3S. The molecule has 31 heavy (non-hydrogen) atoms. The molecule has 160 valence electrons. The van der Waals surface area contributed by atoms with Crippen LogP contribution in [-0.2, 0) is 22.4 Å². The van der Waals surface area contributed by atoms with Gasteiger partial charge in [0.15, 0.2) is 5.13 Å². The number of H-pyrrole nitrogens is 1. The number of carbonyl (C=O) groups excluding carboxylic acids is 2. The zero-order chi connectivity index (χ0) is 21.5. The Morgan fingerprint density at radius 2 is 2.26 bits per heavy atom. The normalized spacial score (nSPS) is 17.7. The molecule has 0 radical (unpaired) electrons. The fourth-order valence-electron chi connectivity index (χ4n) is 4.25. The molecule has 0 saturated carbocycles. The number of carbonyl (C=O) groups is 2. The van der Waals surface area contributed by atoms with Crippen molar-refractivity contribution in [3.05, 3.63) is 45.9 Å². The van der Waals surface area contributed by atoms with Crippen molar-refractivity contribution in [2.45, 2.75) is 32.3 Å². The lowest BCUT2D eigenvalue weighted by atomic mass is 10.00. The van der Waals surface area contributed by atoms with E-state index >= 15 is 0 Å². The van der Waals surface area contributed by atoms with E-state index < -0.39 is 6.09 Å². The maximum absolute atomic E-state index is 13.5. The molecule has 1 atom stereocenters. The molecule has 9 heteroatoms. The SMILES string of the molecule is CC(=O)NCC1CN(c2ccc3c(c2)CCCc2c(-c4csc(F)c4)n[nH]c2-3)C(=O)O1. The fourth-order valence-corrected chi connectivity index (χ4v) is 4.87. The number of anilines is 1. The number of aryl methyl sites for hydroxylation is 1. The number of nitrogens with one attached hydrogen (secondary N) is 2. The number of nitrogens with zero attached hydrogens (tertiary/aromatic N) is 2. The van der Waals surface area contributed by atoms with Crippen LogP contribution < -0.4 is 10.2 Å². The number of rotatable bonds is 4. The van der Waals surface area contributed by atoms with Gasteiger partial charge in [-0.1, -0.05) is 6.07 Å². The molecule has 5 rings (SSSR count). The Bertz CT molecular complexity index is 1170. The lowest BCUT2D eigenvalue weighted by Gasteiger charge is -2.16. The lowest BCUT2D eigenvalue weighted by Crippen LogP contribution is -2.33. The molecule has 2 aromatic heterocycles. The van der Waals surface area contributed by atoms with Gasteiger partial charge in [-0.15, -0.1) is 11.3 Å². The summed E-state index contributed by atoms with van der Waals surface area (Å²) in [5, 5.41) is 11.9. The van der Waals surface area contributed by atoms with E-state index in [1.165, 1.54) is 13.0 Å². The summed E-state index contributed by atoms with van der Waals surface area (Å²) in [6, 6.07) is 7.45. The maximum atomic E-state index is 13.5. The van der Waals surface area contributed by atoms with Gasteiger partial charge in [-0.25, -0.2) is 4.79 Å². The Balaban J connectivity index is 1.43. The van der Waals surface area contributed by atoms with E-state index in [-0.39, 0.29) is 17.1 Å². The largest absolute Gasteiger partial charge is 0.442 e. The molecule has 3 aromatic rings. The molecule has 7 nitrogen and oxygen atoms in total. The predicted octanol–water partition coefficient (Wildman–Crippen LogP) is 3.89. The van der Waals surface area contributed by atoms with Crippen LogP contribution >= 0.6 is 11.3 Å². The van der Waals surface area contributed by atoms with E-state index in [2.05, 4.69) is 15.5 Å². The topological polar surface area (TPSA) is 87.3 Å². The lowest BCUT2D eigenvalue weighted by molar-refractivity contribution is -0.119. The summed E-state index contributed by atoms with van der Waals surface area (Å²) in [7, 11) is 0. The van der Waals surface area contributed by atoms with Gasteiger partial charge in [-0.05, 0) is 43.0 Å². The van der Waals surface area contributed by atoms with Gasteiger partial charge in [0, 0.05) is 34.7 Å². The number of cyclic esters (lactones) is 1. The minimum atomic E-state index is -0.409. The average Bonchev–Trinajstić information content (AvgIpc) is 3.42. The van der Waals surface area contributed by atoms with Crippen molar-refractivity contribution in [1.29, 1.82) is 0 Å². The zero-order valence-electron chi connectivity index (χ0n) is 16.9. The van der Waals surface area contributed by atoms with Gasteiger partial charge in [0.05, 0.1) is 24.5 Å². The smallest absolute Gasteiger partial charge is 0.414 e. The second-order valence-corrected chi connectivity index (χ2v) is 8.68. The number of fused-ring (bicyclic) bond motifs is 3. The van der Waals surface area contributed by atoms with Gasteiger partial charge in [0.25, 0.3) is 0 Å². The molecule has 3 heterocycles. The van der Waals surface area contributed by atoms with Crippen LogP contribution in [0.3, 0.4) is 0 Å². The number of ether oxygens (including phenoxy) is 1. The Morgan fingerprint density at radius 3 is 3.03 bits per heavy atom. The molecule has 2 aliphatic rings. The van der Waals surface area contributed by atoms with E-state index in [9.17, 15) is 14.0 Å². The summed E-state index contributed by atoms with van der Waals surface area (Å²) in [4.78, 5) is 25.1. The Kier molecular flexibility index (Phi) is 4.97. The third kappa shape index (κ3) is 3.69. The van der Waals surface area contributed by atoms with Crippen LogP contribution in [0.1, 0.15) is 24.5 Å². The fraction of sp³-hybridized carbons (Fsp3) is 0.318. The van der Waals surface area contributed by atoms with Crippen molar-refractivity contribution in [2.24, 2.45) is 0 Å². The molecule has 1 aliphatic carbocycles. The minimum absolute atomic E-state index is 0.153. The molecule has 1 unspecified atom stereocenters. The van der Waals surface area contributed by atoms with Crippen LogP contribution in [0.5, 0.6) is 0 Å². The third-order valence-electron chi connectivity index (χ3n) is 5.70. The Labute approximate surface area is 182 Å². The predicted molar refractivity (Wildman–Crippen MR) is 116 cm³/mol. The number of hydrogen-bond donors (Lipinski definition) is 2. The second-order valence-electron chi connectivity index (χ2n) is 7.81. The molecule has 2 amide bonds. The van der Waals surface area contributed by atoms with E-state index in [4.69, 9.17) is 4.74 Å². The van der Waals surface area contributed by atoms with E-state index in [1.54, 1.807) is 10.3 Å². The van der Waals surface area contributed by atoms with E-state index in [1.807, 2.05) is 18.2 Å². The molecule has 0 bridgehead atoms. The van der Waals surface area contributed by atoms with Gasteiger partial charge >= 0.3 is 6.09 Å². The molecule has 0 spiro atoms. The molecule has 1 aliphatic heterocycles. The Morgan fingerprint density at radius 1 is 1.39 bits per heavy atom. The van der Waals surface area contributed by atoms with Crippen molar-refractivity contribution >= 4 is 29.0 Å². The minimum Gasteiger partial charge on any atom is -0.442 e. The highest BCUT2D eigenvalue weighted by Gasteiger charge is 2.33. The number of benzene rings is 1. The zero-order valence-corrected chi connectivity index (χ0v) is 17.7. The number of amides is 2. The first-order valence-electron chi connectivity index (χ1n) is 10.2. The maximum Gasteiger partial charge on any atom is 0.414 e. The summed E-state index contributed by atoms with van der Waals surface area (Å²) in [5.74, 6) is -0.153. The summed E-state index contributed by atoms with van der Waals surface area (Å²) < 4.78 is 18.9. The van der Waals surface area contributed by atoms with Crippen molar-refractivity contribution in [2.75, 3.05) is 18.0 Å². The number of aromatic nitrogens is 2. The van der Waals surface area contributed by atoms with E-state index in [0.29, 0.717) is 13.1 Å². The Hall–Kier alpha value is -3.20. The standard InChI is InChI=1S/C22H21FN4O3S/c1-12(28)24-9-16-10-27(22(29)30-16)15-5-6-17-13(7-15)3-2-4-18-20(25-26-21(17)18)14-8-19(23)31-11-14/h5-8,11,16H,2-4,9-10H2,1H3,(H,24,28)(H,25,26). The highest BCUT2D eigenvalue weighted by Crippen LogP contribution is 2.38. The summed E-state index contributed by atoms with van der Waals surface area (Å²) in [5.41, 5.74) is 6.60. The molecule has 1 saturated heterocycles. The summed E-state index contributed by atoms with van der Waals surface area (Å²) in [6.45, 7) is 2.12. The first kappa shape index (κ1) is 19.7. The van der Waals surface area contributed by atoms with Gasteiger partial charge in [0.2, 0.25) is 5.91 Å². The first-order valence-corrected chi connectivity index (χ1v) is 11.0. The number of thiophene rings is 1. The van der Waals surface area contributed by atoms with Gasteiger partial charge in [0.1, 0.15) is 6.10 Å². The van der Waals surface area contributed by atoms with Crippen molar-refractivity contribution in [3.63, 3.8) is 0 Å². The van der Waals surface area contributed by atoms with Crippen LogP contribution in [0.25, 0.3) is 22.5 Å². The van der Waals surface area contributed by atoms with E-state index in [0.717, 1.165) is 69.9 Å². The monoisotopic (exact) mass is 440 g/mol. The highest BCUT2D eigenvalue weighted by molar-refractivity contribution is 7.08. The van der Waals surface area contributed by atoms with Crippen molar-refractivity contribution < 1.29 is 18.7 Å². The third-order valence-corrected chi connectivity index (χ3v) is 6.42. The van der Waals surface area contributed by atoms with Gasteiger partial charge < -0.3 is 10.1 Å². The number of hydrogen-bond acceptors (Lipinski definition) is 5. The number of halogens is 1. The van der Waals surface area contributed by atoms with Crippen LogP contribution in [-0.4, -0.2) is 41.4 Å². The van der Waals surface area contributed by atoms with Crippen LogP contribution in [0.2, 0.25) is 0 Å². The van der Waals surface area contributed by atoms with Crippen LogP contribution in [0, 0.1) is 5.13 Å². The van der Waals surface area contributed by atoms with Gasteiger partial charge in [-0.3, -0.25) is 14.8 Å². The molecule has 1 fully saturated rings.